The first-order chi connectivity index (χ1) is 10.5. The Bertz CT molecular complexity index is 695. The van der Waals surface area contributed by atoms with Crippen LogP contribution in [0.15, 0.2) is 48.5 Å². The van der Waals surface area contributed by atoms with E-state index in [9.17, 15) is 0 Å². The minimum absolute atomic E-state index is 0.255. The molecule has 2 aromatic carbocycles. The molecule has 2 aromatic rings. The Labute approximate surface area is 134 Å². The Hall–Kier alpha value is -2.02. The van der Waals surface area contributed by atoms with Crippen LogP contribution < -0.4 is 4.90 Å². The molecule has 22 heavy (non-hydrogen) atoms. The zero-order valence-electron chi connectivity index (χ0n) is 14.1. The van der Waals surface area contributed by atoms with Gasteiger partial charge in [-0.2, -0.15) is 0 Å². The molecule has 0 saturated carbocycles. The standard InChI is InChI=1S/C21H25N/c1-16(14-17-8-6-5-7-9-17)18-10-11-20-19(15-18)21(2,3)12-13-22(20)4/h5-11,14-15H,12-13H2,1-4H3. The Kier molecular flexibility index (Phi) is 3.82. The SMILES string of the molecule is CC(=Cc1ccccc1)c1ccc2c(c1)C(C)(C)CCN2C. The van der Waals surface area contributed by atoms with Crippen molar-refractivity contribution < 1.29 is 0 Å². The molecule has 0 aromatic heterocycles. The van der Waals surface area contributed by atoms with E-state index in [-0.39, 0.29) is 5.41 Å². The Morgan fingerprint density at radius 2 is 1.82 bits per heavy atom. The van der Waals surface area contributed by atoms with Crippen molar-refractivity contribution in [3.05, 3.63) is 65.2 Å². The van der Waals surface area contributed by atoms with E-state index < -0.39 is 0 Å². The van der Waals surface area contributed by atoms with Crippen molar-refractivity contribution in [2.45, 2.75) is 32.6 Å². The van der Waals surface area contributed by atoms with Gasteiger partial charge < -0.3 is 4.90 Å². The molecule has 1 heterocycles. The van der Waals surface area contributed by atoms with Crippen LogP contribution in [-0.2, 0) is 5.41 Å². The van der Waals surface area contributed by atoms with Gasteiger partial charge in [0.05, 0.1) is 0 Å². The highest BCUT2D eigenvalue weighted by molar-refractivity contribution is 5.81. The van der Waals surface area contributed by atoms with Crippen molar-refractivity contribution in [2.75, 3.05) is 18.5 Å². The Morgan fingerprint density at radius 1 is 1.09 bits per heavy atom. The summed E-state index contributed by atoms with van der Waals surface area (Å²) in [6.45, 7) is 8.06. The fourth-order valence-corrected chi connectivity index (χ4v) is 3.24. The zero-order chi connectivity index (χ0) is 15.7. The van der Waals surface area contributed by atoms with E-state index in [1.807, 2.05) is 0 Å². The maximum absolute atomic E-state index is 2.39. The molecule has 0 saturated heterocycles. The number of hydrogen-bond donors (Lipinski definition) is 0. The Morgan fingerprint density at radius 3 is 2.55 bits per heavy atom. The van der Waals surface area contributed by atoms with Crippen molar-refractivity contribution in [3.8, 4) is 0 Å². The second-order valence-corrected chi connectivity index (χ2v) is 7.03. The molecule has 1 aliphatic heterocycles. The lowest BCUT2D eigenvalue weighted by Gasteiger charge is -2.38. The van der Waals surface area contributed by atoms with E-state index in [0.29, 0.717) is 0 Å². The third-order valence-corrected chi connectivity index (χ3v) is 4.85. The van der Waals surface area contributed by atoms with Crippen LogP contribution in [-0.4, -0.2) is 13.6 Å². The maximum atomic E-state index is 2.39. The summed E-state index contributed by atoms with van der Waals surface area (Å²) in [5, 5.41) is 0. The second-order valence-electron chi connectivity index (χ2n) is 7.03. The molecule has 0 bridgehead atoms. The summed E-state index contributed by atoms with van der Waals surface area (Å²) in [6.07, 6.45) is 3.47. The average Bonchev–Trinajstić information content (AvgIpc) is 2.52. The highest BCUT2D eigenvalue weighted by atomic mass is 15.1. The first-order valence-corrected chi connectivity index (χ1v) is 8.07. The van der Waals surface area contributed by atoms with Gasteiger partial charge in [0, 0.05) is 19.3 Å². The predicted molar refractivity (Wildman–Crippen MR) is 97.3 cm³/mol. The van der Waals surface area contributed by atoms with Crippen molar-refractivity contribution in [1.82, 2.24) is 0 Å². The summed E-state index contributed by atoms with van der Waals surface area (Å²) >= 11 is 0. The maximum Gasteiger partial charge on any atom is 0.0402 e. The van der Waals surface area contributed by atoms with Crippen molar-refractivity contribution in [2.24, 2.45) is 0 Å². The molecule has 0 aliphatic carbocycles. The van der Waals surface area contributed by atoms with E-state index >= 15 is 0 Å². The number of fused-ring (bicyclic) bond motifs is 1. The van der Waals surface area contributed by atoms with Crippen molar-refractivity contribution >= 4 is 17.3 Å². The largest absolute Gasteiger partial charge is 0.374 e. The third kappa shape index (κ3) is 2.81. The van der Waals surface area contributed by atoms with Crippen LogP contribution in [0, 0.1) is 0 Å². The average molecular weight is 291 g/mol. The molecule has 1 heteroatoms. The molecule has 0 atom stereocenters. The van der Waals surface area contributed by atoms with E-state index in [2.05, 4.69) is 87.3 Å². The molecule has 114 valence electrons. The molecule has 3 rings (SSSR count). The molecule has 0 amide bonds. The topological polar surface area (TPSA) is 3.24 Å². The van der Waals surface area contributed by atoms with Crippen LogP contribution in [0.3, 0.4) is 0 Å². The van der Waals surface area contributed by atoms with Crippen LogP contribution in [0.25, 0.3) is 11.6 Å². The molecule has 0 spiro atoms. The van der Waals surface area contributed by atoms with Gasteiger partial charge in [-0.3, -0.25) is 0 Å². The molecule has 1 nitrogen and oxygen atoms in total. The highest BCUT2D eigenvalue weighted by Gasteiger charge is 2.29. The van der Waals surface area contributed by atoms with Gasteiger partial charge in [-0.25, -0.2) is 0 Å². The van der Waals surface area contributed by atoms with Gasteiger partial charge >= 0.3 is 0 Å². The lowest BCUT2D eigenvalue weighted by molar-refractivity contribution is 0.462. The fraction of sp³-hybridized carbons (Fsp3) is 0.333. The lowest BCUT2D eigenvalue weighted by Crippen LogP contribution is -2.34. The number of nitrogens with zero attached hydrogens (tertiary/aromatic N) is 1. The number of allylic oxidation sites excluding steroid dienone is 1. The number of anilines is 1. The third-order valence-electron chi connectivity index (χ3n) is 4.85. The Balaban J connectivity index is 2.01. The van der Waals surface area contributed by atoms with Crippen LogP contribution in [0.5, 0.6) is 0 Å². The minimum atomic E-state index is 0.255. The van der Waals surface area contributed by atoms with Crippen LogP contribution in [0.4, 0.5) is 5.69 Å². The molecular formula is C21H25N. The number of rotatable bonds is 2. The van der Waals surface area contributed by atoms with Gasteiger partial charge in [-0.1, -0.05) is 56.3 Å². The second kappa shape index (κ2) is 5.64. The zero-order valence-corrected chi connectivity index (χ0v) is 14.1. The van der Waals surface area contributed by atoms with Crippen LogP contribution in [0.2, 0.25) is 0 Å². The van der Waals surface area contributed by atoms with Gasteiger partial charge in [0.1, 0.15) is 0 Å². The number of hydrogen-bond acceptors (Lipinski definition) is 1. The van der Waals surface area contributed by atoms with E-state index in [1.165, 1.54) is 34.4 Å². The monoisotopic (exact) mass is 291 g/mol. The predicted octanol–water partition coefficient (Wildman–Crippen LogP) is 5.36. The lowest BCUT2D eigenvalue weighted by atomic mass is 9.77. The van der Waals surface area contributed by atoms with E-state index in [0.717, 1.165) is 6.54 Å². The fourth-order valence-electron chi connectivity index (χ4n) is 3.24. The van der Waals surface area contributed by atoms with Crippen LogP contribution in [0.1, 0.15) is 43.9 Å². The van der Waals surface area contributed by atoms with Gasteiger partial charge in [-0.15, -0.1) is 0 Å². The van der Waals surface area contributed by atoms with Gasteiger partial charge in [0.25, 0.3) is 0 Å². The molecular weight excluding hydrogens is 266 g/mol. The van der Waals surface area contributed by atoms with Crippen molar-refractivity contribution in [1.29, 1.82) is 0 Å². The van der Waals surface area contributed by atoms with Gasteiger partial charge in [0.15, 0.2) is 0 Å². The quantitative estimate of drug-likeness (QED) is 0.673. The van der Waals surface area contributed by atoms with Gasteiger partial charge in [-0.05, 0) is 53.2 Å². The van der Waals surface area contributed by atoms with Crippen molar-refractivity contribution in [3.63, 3.8) is 0 Å². The summed E-state index contributed by atoms with van der Waals surface area (Å²) in [7, 11) is 2.19. The van der Waals surface area contributed by atoms with Gasteiger partial charge in [0.2, 0.25) is 0 Å². The molecule has 0 N–H and O–H groups in total. The molecule has 0 unspecified atom stereocenters. The molecule has 0 radical (unpaired) electrons. The smallest absolute Gasteiger partial charge is 0.0402 e. The summed E-state index contributed by atoms with van der Waals surface area (Å²) in [5.74, 6) is 0. The first kappa shape index (κ1) is 14.9. The normalized spacial score (nSPS) is 17.3. The van der Waals surface area contributed by atoms with Crippen LogP contribution >= 0.6 is 0 Å². The summed E-state index contributed by atoms with van der Waals surface area (Å²) < 4.78 is 0. The summed E-state index contributed by atoms with van der Waals surface area (Å²) in [6, 6.07) is 17.5. The van der Waals surface area contributed by atoms with E-state index in [4.69, 9.17) is 0 Å². The van der Waals surface area contributed by atoms with E-state index in [1.54, 1.807) is 0 Å². The summed E-state index contributed by atoms with van der Waals surface area (Å²) in [4.78, 5) is 2.38. The highest BCUT2D eigenvalue weighted by Crippen LogP contribution is 2.40. The number of benzene rings is 2. The first-order valence-electron chi connectivity index (χ1n) is 8.07. The summed E-state index contributed by atoms with van der Waals surface area (Å²) in [5.41, 5.74) is 7.01. The molecule has 0 fully saturated rings. The minimum Gasteiger partial charge on any atom is -0.374 e. The molecule has 1 aliphatic rings.